The first kappa shape index (κ1) is 18.4. The van der Waals surface area contributed by atoms with E-state index in [4.69, 9.17) is 27.9 Å². The van der Waals surface area contributed by atoms with Crippen LogP contribution < -0.4 is 0 Å². The zero-order valence-corrected chi connectivity index (χ0v) is 14.4. The normalized spacial score (nSPS) is 11.4. The van der Waals surface area contributed by atoms with Gasteiger partial charge in [-0.15, -0.1) is 0 Å². The topological polar surface area (TPSA) is 29.5 Å². The summed E-state index contributed by atoms with van der Waals surface area (Å²) in [7, 11) is 1.68. The number of rotatable bonds is 9. The van der Waals surface area contributed by atoms with Crippen LogP contribution in [0.3, 0.4) is 0 Å². The number of benzene rings is 1. The summed E-state index contributed by atoms with van der Waals surface area (Å²) >= 11 is 12.0. The van der Waals surface area contributed by atoms with Crippen molar-refractivity contribution in [3.8, 4) is 0 Å². The van der Waals surface area contributed by atoms with E-state index in [1.807, 2.05) is 0 Å². The number of methoxy groups -OCH3 is 1. The van der Waals surface area contributed by atoms with Crippen LogP contribution in [-0.2, 0) is 4.74 Å². The minimum Gasteiger partial charge on any atom is -0.383 e. The minimum atomic E-state index is 0.0219. The van der Waals surface area contributed by atoms with Crippen molar-refractivity contribution in [3.05, 3.63) is 33.8 Å². The molecule has 0 aliphatic carbocycles. The fourth-order valence-electron chi connectivity index (χ4n) is 2.14. The van der Waals surface area contributed by atoms with Crippen LogP contribution >= 0.6 is 23.2 Å². The molecule has 0 bridgehead atoms. The van der Waals surface area contributed by atoms with Gasteiger partial charge in [0.05, 0.1) is 16.7 Å². The predicted molar refractivity (Wildman–Crippen MR) is 88.6 cm³/mol. The van der Waals surface area contributed by atoms with Gasteiger partial charge >= 0.3 is 0 Å². The molecule has 0 spiro atoms. The van der Waals surface area contributed by atoms with E-state index in [0.29, 0.717) is 41.1 Å². The molecule has 21 heavy (non-hydrogen) atoms. The van der Waals surface area contributed by atoms with E-state index in [2.05, 4.69) is 18.7 Å². The van der Waals surface area contributed by atoms with E-state index >= 15 is 0 Å². The lowest BCUT2D eigenvalue weighted by molar-refractivity contribution is 0.0941. The first-order chi connectivity index (χ1) is 9.95. The second-order valence-electron chi connectivity index (χ2n) is 5.46. The average Bonchev–Trinajstić information content (AvgIpc) is 2.44. The van der Waals surface area contributed by atoms with Gasteiger partial charge in [0.15, 0.2) is 5.78 Å². The largest absolute Gasteiger partial charge is 0.383 e. The standard InChI is InChI=1S/C16H23Cl2NO2/c1-12(2)11-19(9-10-21-3)8-7-15(20)13-5-4-6-14(17)16(13)18/h4-6,12H,7-11H2,1-3H3. The summed E-state index contributed by atoms with van der Waals surface area (Å²) in [6.07, 6.45) is 0.427. The Labute approximate surface area is 137 Å². The third-order valence-electron chi connectivity index (χ3n) is 3.14. The average molecular weight is 332 g/mol. The summed E-state index contributed by atoms with van der Waals surface area (Å²) in [6, 6.07) is 5.15. The van der Waals surface area contributed by atoms with Crippen molar-refractivity contribution in [3.63, 3.8) is 0 Å². The van der Waals surface area contributed by atoms with Crippen LogP contribution in [0, 0.1) is 5.92 Å². The lowest BCUT2D eigenvalue weighted by Crippen LogP contribution is -2.33. The molecule has 0 atom stereocenters. The molecule has 5 heteroatoms. The van der Waals surface area contributed by atoms with Gasteiger partial charge in [-0.25, -0.2) is 0 Å². The lowest BCUT2D eigenvalue weighted by Gasteiger charge is -2.23. The van der Waals surface area contributed by atoms with E-state index in [1.165, 1.54) is 0 Å². The van der Waals surface area contributed by atoms with Crippen molar-refractivity contribution in [1.82, 2.24) is 4.90 Å². The zero-order chi connectivity index (χ0) is 15.8. The van der Waals surface area contributed by atoms with Gasteiger partial charge in [-0.05, 0) is 18.1 Å². The monoisotopic (exact) mass is 331 g/mol. The predicted octanol–water partition coefficient (Wildman–Crippen LogP) is 4.17. The van der Waals surface area contributed by atoms with E-state index in [1.54, 1.807) is 25.3 Å². The second kappa shape index (κ2) is 9.42. The Morgan fingerprint density at radius 1 is 1.29 bits per heavy atom. The van der Waals surface area contributed by atoms with Crippen molar-refractivity contribution >= 4 is 29.0 Å². The van der Waals surface area contributed by atoms with Crippen LogP contribution in [-0.4, -0.2) is 44.0 Å². The molecule has 118 valence electrons. The molecule has 0 aliphatic heterocycles. The Morgan fingerprint density at radius 2 is 2.00 bits per heavy atom. The van der Waals surface area contributed by atoms with Gasteiger partial charge in [-0.2, -0.15) is 0 Å². The third kappa shape index (κ3) is 6.35. The molecule has 1 aromatic rings. The number of hydrogen-bond acceptors (Lipinski definition) is 3. The summed E-state index contributed by atoms with van der Waals surface area (Å²) in [5, 5.41) is 0.761. The molecule has 3 nitrogen and oxygen atoms in total. The molecule has 0 heterocycles. The number of nitrogens with zero attached hydrogens (tertiary/aromatic N) is 1. The summed E-state index contributed by atoms with van der Waals surface area (Å²) in [5.41, 5.74) is 0.500. The molecule has 1 rings (SSSR count). The Morgan fingerprint density at radius 3 is 2.62 bits per heavy atom. The van der Waals surface area contributed by atoms with Gasteiger partial charge in [0.2, 0.25) is 0 Å². The molecular weight excluding hydrogens is 309 g/mol. The molecule has 0 saturated heterocycles. The molecular formula is C16H23Cl2NO2. The fourth-order valence-corrected chi connectivity index (χ4v) is 2.55. The minimum absolute atomic E-state index is 0.0219. The Kier molecular flexibility index (Phi) is 8.27. The van der Waals surface area contributed by atoms with Crippen LogP contribution in [0.5, 0.6) is 0 Å². The molecule has 0 aliphatic rings. The van der Waals surface area contributed by atoms with Crippen molar-refractivity contribution < 1.29 is 9.53 Å². The van der Waals surface area contributed by atoms with Gasteiger partial charge < -0.3 is 9.64 Å². The van der Waals surface area contributed by atoms with Gasteiger partial charge in [0.1, 0.15) is 0 Å². The Hall–Kier alpha value is -0.610. The second-order valence-corrected chi connectivity index (χ2v) is 6.25. The Balaban J connectivity index is 2.61. The van der Waals surface area contributed by atoms with Crippen LogP contribution in [0.4, 0.5) is 0 Å². The van der Waals surface area contributed by atoms with Crippen LogP contribution in [0.15, 0.2) is 18.2 Å². The van der Waals surface area contributed by atoms with Crippen LogP contribution in [0.1, 0.15) is 30.6 Å². The highest BCUT2D eigenvalue weighted by atomic mass is 35.5. The van der Waals surface area contributed by atoms with Crippen LogP contribution in [0.25, 0.3) is 0 Å². The number of carbonyl (C=O) groups is 1. The van der Waals surface area contributed by atoms with Gasteiger partial charge in [0, 0.05) is 38.7 Å². The highest BCUT2D eigenvalue weighted by molar-refractivity contribution is 6.43. The number of halogens is 2. The summed E-state index contributed by atoms with van der Waals surface area (Å²) < 4.78 is 5.12. The smallest absolute Gasteiger partial charge is 0.165 e. The molecule has 0 N–H and O–H groups in total. The summed E-state index contributed by atoms with van der Waals surface area (Å²) in [5.74, 6) is 0.570. The number of ether oxygens (including phenoxy) is 1. The van der Waals surface area contributed by atoms with E-state index in [0.717, 1.165) is 13.1 Å². The van der Waals surface area contributed by atoms with Gasteiger partial charge in [-0.3, -0.25) is 4.79 Å². The Bertz CT molecular complexity index is 464. The first-order valence-corrected chi connectivity index (χ1v) is 7.89. The summed E-state index contributed by atoms with van der Waals surface area (Å²) in [4.78, 5) is 14.5. The van der Waals surface area contributed by atoms with Crippen molar-refractivity contribution in [2.45, 2.75) is 20.3 Å². The molecule has 0 aromatic heterocycles. The number of Topliss-reactive ketones (excluding diaryl/α,β-unsaturated/α-hetero) is 1. The van der Waals surface area contributed by atoms with Gasteiger partial charge in [0.25, 0.3) is 0 Å². The SMILES string of the molecule is COCCN(CCC(=O)c1cccc(Cl)c1Cl)CC(C)C. The maximum absolute atomic E-state index is 12.3. The number of ketones is 1. The van der Waals surface area contributed by atoms with Crippen LogP contribution in [0.2, 0.25) is 10.0 Å². The molecule has 0 unspecified atom stereocenters. The zero-order valence-electron chi connectivity index (χ0n) is 12.9. The lowest BCUT2D eigenvalue weighted by atomic mass is 10.1. The fraction of sp³-hybridized carbons (Fsp3) is 0.562. The van der Waals surface area contributed by atoms with Crippen molar-refractivity contribution in [1.29, 1.82) is 0 Å². The maximum Gasteiger partial charge on any atom is 0.165 e. The number of hydrogen-bond donors (Lipinski definition) is 0. The van der Waals surface area contributed by atoms with E-state index in [-0.39, 0.29) is 5.78 Å². The highest BCUT2D eigenvalue weighted by Gasteiger charge is 2.15. The highest BCUT2D eigenvalue weighted by Crippen LogP contribution is 2.26. The molecule has 0 saturated carbocycles. The number of carbonyl (C=O) groups excluding carboxylic acids is 1. The maximum atomic E-state index is 12.3. The molecule has 0 amide bonds. The first-order valence-electron chi connectivity index (χ1n) is 7.14. The third-order valence-corrected chi connectivity index (χ3v) is 3.96. The van der Waals surface area contributed by atoms with Crippen molar-refractivity contribution in [2.24, 2.45) is 5.92 Å². The summed E-state index contributed by atoms with van der Waals surface area (Å²) in [6.45, 7) is 7.46. The van der Waals surface area contributed by atoms with Crippen molar-refractivity contribution in [2.75, 3.05) is 33.4 Å². The quantitative estimate of drug-likeness (QED) is 0.636. The van der Waals surface area contributed by atoms with E-state index < -0.39 is 0 Å². The van der Waals surface area contributed by atoms with E-state index in [9.17, 15) is 4.79 Å². The molecule has 1 aromatic carbocycles. The molecule has 0 radical (unpaired) electrons. The molecule has 0 fully saturated rings. The van der Waals surface area contributed by atoms with Gasteiger partial charge in [-0.1, -0.05) is 43.1 Å².